The molecule has 0 atom stereocenters. The number of hydrogen-bond acceptors (Lipinski definition) is 8. The van der Waals surface area contributed by atoms with Crippen LogP contribution < -0.4 is 16.4 Å². The van der Waals surface area contributed by atoms with Crippen LogP contribution in [-0.2, 0) is 15.6 Å². The molecule has 4 N–H and O–H groups in total. The molecule has 1 amide bonds. The first-order valence-electron chi connectivity index (χ1n) is 8.29. The van der Waals surface area contributed by atoms with Crippen LogP contribution in [0, 0.1) is 0 Å². The molecule has 3 rings (SSSR count). The van der Waals surface area contributed by atoms with Crippen LogP contribution in [0.4, 0.5) is 23.1 Å². The summed E-state index contributed by atoms with van der Waals surface area (Å²) in [5.41, 5.74) is 6.97. The van der Waals surface area contributed by atoms with Gasteiger partial charge in [-0.1, -0.05) is 23.7 Å². The minimum atomic E-state index is -3.16. The minimum absolute atomic E-state index is 0. The zero-order chi connectivity index (χ0) is 21.0. The fourth-order valence-electron chi connectivity index (χ4n) is 2.52. The van der Waals surface area contributed by atoms with Crippen molar-refractivity contribution >= 4 is 62.9 Å². The standard InChI is InChI=1S/C18H17ClN6O3S.ClH/c1-29(27,28)10-11-4-2-5-12(8-11)23-18-22-9-13(19)17(25-18)24-14-6-3-7-21-15(14)16(20)26;/h2-9H,10H2,1H3,(H2,20,26)(H2,22,23,24,25);1H. The molecule has 0 saturated heterocycles. The van der Waals surface area contributed by atoms with Crippen LogP contribution in [0.5, 0.6) is 0 Å². The van der Waals surface area contributed by atoms with Gasteiger partial charge in [-0.15, -0.1) is 12.4 Å². The van der Waals surface area contributed by atoms with Gasteiger partial charge in [0.25, 0.3) is 5.91 Å². The molecular formula is C18H18Cl2N6O3S. The van der Waals surface area contributed by atoms with E-state index < -0.39 is 15.7 Å². The molecule has 0 spiro atoms. The molecule has 0 bridgehead atoms. The highest BCUT2D eigenvalue weighted by molar-refractivity contribution is 7.89. The van der Waals surface area contributed by atoms with Crippen molar-refractivity contribution in [1.29, 1.82) is 0 Å². The van der Waals surface area contributed by atoms with Crippen molar-refractivity contribution in [3.8, 4) is 0 Å². The lowest BCUT2D eigenvalue weighted by molar-refractivity contribution is 0.0996. The summed E-state index contributed by atoms with van der Waals surface area (Å²) in [5.74, 6) is -0.308. The molecule has 0 fully saturated rings. The van der Waals surface area contributed by atoms with E-state index in [-0.39, 0.29) is 40.6 Å². The molecule has 0 aliphatic carbocycles. The summed E-state index contributed by atoms with van der Waals surface area (Å²) in [6.07, 6.45) is 4.01. The molecule has 0 aliphatic heterocycles. The fourth-order valence-corrected chi connectivity index (χ4v) is 3.44. The third-order valence-corrected chi connectivity index (χ3v) is 4.78. The molecule has 1 aromatic carbocycles. The molecule has 0 saturated carbocycles. The number of rotatable bonds is 7. The van der Waals surface area contributed by atoms with Gasteiger partial charge in [-0.3, -0.25) is 4.79 Å². The van der Waals surface area contributed by atoms with Crippen LogP contribution in [0.2, 0.25) is 5.02 Å². The van der Waals surface area contributed by atoms with E-state index in [1.807, 2.05) is 0 Å². The van der Waals surface area contributed by atoms with E-state index in [0.29, 0.717) is 16.9 Å². The predicted molar refractivity (Wildman–Crippen MR) is 119 cm³/mol. The van der Waals surface area contributed by atoms with Crippen LogP contribution in [0.3, 0.4) is 0 Å². The van der Waals surface area contributed by atoms with Gasteiger partial charge in [0.05, 0.1) is 17.6 Å². The lowest BCUT2D eigenvalue weighted by Gasteiger charge is -2.12. The number of nitrogens with two attached hydrogens (primary N) is 1. The van der Waals surface area contributed by atoms with Gasteiger partial charge in [0.15, 0.2) is 21.3 Å². The van der Waals surface area contributed by atoms with E-state index in [9.17, 15) is 13.2 Å². The average molecular weight is 469 g/mol. The van der Waals surface area contributed by atoms with Crippen LogP contribution in [0.15, 0.2) is 48.8 Å². The van der Waals surface area contributed by atoms with Gasteiger partial charge >= 0.3 is 0 Å². The summed E-state index contributed by atoms with van der Waals surface area (Å²) in [4.78, 5) is 23.9. The minimum Gasteiger partial charge on any atom is -0.364 e. The molecule has 2 aromatic heterocycles. The van der Waals surface area contributed by atoms with Crippen molar-refractivity contribution in [3.63, 3.8) is 0 Å². The Morgan fingerprint density at radius 1 is 1.17 bits per heavy atom. The fraction of sp³-hybridized carbons (Fsp3) is 0.111. The van der Waals surface area contributed by atoms with Gasteiger partial charge < -0.3 is 16.4 Å². The van der Waals surface area contributed by atoms with Gasteiger partial charge in [0.1, 0.15) is 5.02 Å². The first kappa shape index (κ1) is 23.3. The Labute approximate surface area is 184 Å². The number of hydrogen-bond donors (Lipinski definition) is 3. The lowest BCUT2D eigenvalue weighted by Crippen LogP contribution is -2.15. The third-order valence-electron chi connectivity index (χ3n) is 3.65. The van der Waals surface area contributed by atoms with Crippen molar-refractivity contribution in [2.45, 2.75) is 5.75 Å². The number of amides is 1. The number of nitrogens with zero attached hydrogens (tertiary/aromatic N) is 3. The average Bonchev–Trinajstić information content (AvgIpc) is 2.63. The largest absolute Gasteiger partial charge is 0.364 e. The maximum Gasteiger partial charge on any atom is 0.269 e. The lowest BCUT2D eigenvalue weighted by atomic mass is 10.2. The number of primary amides is 1. The topological polar surface area (TPSA) is 140 Å². The molecule has 3 aromatic rings. The van der Waals surface area contributed by atoms with Gasteiger partial charge in [-0.05, 0) is 29.8 Å². The van der Waals surface area contributed by atoms with E-state index in [2.05, 4.69) is 25.6 Å². The highest BCUT2D eigenvalue weighted by atomic mass is 35.5. The number of nitrogens with one attached hydrogen (secondary N) is 2. The number of anilines is 4. The highest BCUT2D eigenvalue weighted by Gasteiger charge is 2.13. The van der Waals surface area contributed by atoms with Crippen LogP contribution in [-0.4, -0.2) is 35.5 Å². The van der Waals surface area contributed by atoms with Gasteiger partial charge in [0.2, 0.25) is 5.95 Å². The number of carbonyl (C=O) groups excluding carboxylic acids is 1. The number of halogens is 2. The number of benzene rings is 1. The van der Waals surface area contributed by atoms with E-state index in [1.54, 1.807) is 36.4 Å². The smallest absolute Gasteiger partial charge is 0.269 e. The van der Waals surface area contributed by atoms with Crippen LogP contribution in [0.1, 0.15) is 16.1 Å². The summed E-state index contributed by atoms with van der Waals surface area (Å²) in [6, 6.07) is 10.1. The summed E-state index contributed by atoms with van der Waals surface area (Å²) >= 11 is 6.16. The second-order valence-electron chi connectivity index (χ2n) is 6.17. The second-order valence-corrected chi connectivity index (χ2v) is 8.72. The molecule has 0 aliphatic rings. The maximum atomic E-state index is 11.5. The van der Waals surface area contributed by atoms with Gasteiger partial charge in [0, 0.05) is 18.1 Å². The van der Waals surface area contributed by atoms with Crippen molar-refractivity contribution in [1.82, 2.24) is 15.0 Å². The van der Waals surface area contributed by atoms with Crippen LogP contribution >= 0.6 is 24.0 Å². The Bertz CT molecular complexity index is 1170. The normalized spacial score (nSPS) is 10.7. The Balaban J connectivity index is 0.00000320. The Kier molecular flexibility index (Phi) is 7.54. The van der Waals surface area contributed by atoms with E-state index >= 15 is 0 Å². The van der Waals surface area contributed by atoms with Crippen molar-refractivity contribution in [2.24, 2.45) is 5.73 Å². The van der Waals surface area contributed by atoms with Crippen molar-refractivity contribution in [3.05, 3.63) is 65.1 Å². The highest BCUT2D eigenvalue weighted by Crippen LogP contribution is 2.26. The van der Waals surface area contributed by atoms with Crippen molar-refractivity contribution in [2.75, 3.05) is 16.9 Å². The Hall–Kier alpha value is -2.95. The first-order valence-corrected chi connectivity index (χ1v) is 10.7. The van der Waals surface area contributed by atoms with Crippen LogP contribution in [0.25, 0.3) is 0 Å². The number of pyridine rings is 1. The van der Waals surface area contributed by atoms with Crippen molar-refractivity contribution < 1.29 is 13.2 Å². The summed E-state index contributed by atoms with van der Waals surface area (Å²) in [6.45, 7) is 0. The Morgan fingerprint density at radius 2 is 1.93 bits per heavy atom. The van der Waals surface area contributed by atoms with E-state index in [0.717, 1.165) is 0 Å². The molecule has 9 nitrogen and oxygen atoms in total. The quantitative estimate of drug-likeness (QED) is 0.480. The molecular weight excluding hydrogens is 451 g/mol. The second kappa shape index (κ2) is 9.70. The van der Waals surface area contributed by atoms with E-state index in [4.69, 9.17) is 17.3 Å². The third kappa shape index (κ3) is 6.28. The summed E-state index contributed by atoms with van der Waals surface area (Å²) in [7, 11) is -3.16. The zero-order valence-corrected chi connectivity index (χ0v) is 18.1. The molecule has 30 heavy (non-hydrogen) atoms. The van der Waals surface area contributed by atoms with E-state index in [1.165, 1.54) is 18.6 Å². The molecule has 0 radical (unpaired) electrons. The number of aromatic nitrogens is 3. The molecule has 158 valence electrons. The first-order chi connectivity index (χ1) is 13.7. The van der Waals surface area contributed by atoms with Gasteiger partial charge in [-0.25, -0.2) is 18.4 Å². The maximum absolute atomic E-state index is 11.5. The number of sulfone groups is 1. The number of carbonyl (C=O) groups is 1. The monoisotopic (exact) mass is 468 g/mol. The molecule has 0 unspecified atom stereocenters. The zero-order valence-electron chi connectivity index (χ0n) is 15.7. The van der Waals surface area contributed by atoms with Gasteiger partial charge in [-0.2, -0.15) is 4.98 Å². The Morgan fingerprint density at radius 3 is 2.63 bits per heavy atom. The SMILES string of the molecule is CS(=O)(=O)Cc1cccc(Nc2ncc(Cl)c(Nc3cccnc3C(N)=O)n2)c1.Cl. The summed E-state index contributed by atoms with van der Waals surface area (Å²) in [5, 5.41) is 6.15. The summed E-state index contributed by atoms with van der Waals surface area (Å²) < 4.78 is 23.0. The molecule has 2 heterocycles. The predicted octanol–water partition coefficient (Wildman–Crippen LogP) is 3.08. The molecule has 12 heteroatoms.